The Kier molecular flexibility index (Phi) is 6.03. The number of rotatable bonds is 6. The molecule has 0 spiro atoms. The molecule has 2 aromatic rings. The van der Waals surface area contributed by atoms with Crippen molar-refractivity contribution >= 4 is 23.1 Å². The Balaban J connectivity index is 1.56. The summed E-state index contributed by atoms with van der Waals surface area (Å²) in [5, 5.41) is 2.74. The van der Waals surface area contributed by atoms with Crippen molar-refractivity contribution in [3.8, 4) is 5.75 Å². The number of benzene rings is 2. The zero-order chi connectivity index (χ0) is 19.2. The van der Waals surface area contributed by atoms with Gasteiger partial charge in [-0.05, 0) is 49.4 Å². The summed E-state index contributed by atoms with van der Waals surface area (Å²) in [4.78, 5) is 25.9. The quantitative estimate of drug-likeness (QED) is 0.790. The molecule has 0 saturated carbocycles. The molecule has 142 valence electrons. The number of halogens is 1. The molecule has 2 aromatic carbocycles. The average molecular weight is 372 g/mol. The van der Waals surface area contributed by atoms with Crippen LogP contribution in [0.25, 0.3) is 0 Å². The smallest absolute Gasteiger partial charge is 0.262 e. The highest BCUT2D eigenvalue weighted by molar-refractivity contribution is 5.97. The lowest BCUT2D eigenvalue weighted by Gasteiger charge is -2.28. The monoisotopic (exact) mass is 372 g/mol. The minimum atomic E-state index is -0.530. The molecular weight excluding hydrogens is 351 g/mol. The van der Waals surface area contributed by atoms with Gasteiger partial charge in [-0.25, -0.2) is 4.39 Å². The number of ketones is 1. The van der Waals surface area contributed by atoms with Crippen LogP contribution >= 0.6 is 0 Å². The van der Waals surface area contributed by atoms with Gasteiger partial charge in [0, 0.05) is 24.5 Å². The molecule has 0 unspecified atom stereocenters. The lowest BCUT2D eigenvalue weighted by Crippen LogP contribution is -2.36. The highest BCUT2D eigenvalue weighted by Gasteiger charge is 2.13. The number of amides is 1. The topological polar surface area (TPSA) is 67.9 Å². The molecule has 0 bridgehead atoms. The zero-order valence-electron chi connectivity index (χ0n) is 15.0. The highest BCUT2D eigenvalue weighted by atomic mass is 19.1. The summed E-state index contributed by atoms with van der Waals surface area (Å²) >= 11 is 0. The lowest BCUT2D eigenvalue weighted by atomic mass is 10.1. The SMILES string of the molecule is CC(=O)c1cc(F)ccc1OCC(=O)Nc1ccc(N2CCOCC2)cc1. The van der Waals surface area contributed by atoms with Crippen molar-refractivity contribution in [2.45, 2.75) is 6.92 Å². The average Bonchev–Trinajstić information content (AvgIpc) is 2.68. The van der Waals surface area contributed by atoms with Gasteiger partial charge in [0.25, 0.3) is 5.91 Å². The second-order valence-electron chi connectivity index (χ2n) is 6.18. The van der Waals surface area contributed by atoms with Gasteiger partial charge in [0.2, 0.25) is 0 Å². The molecule has 27 heavy (non-hydrogen) atoms. The zero-order valence-corrected chi connectivity index (χ0v) is 15.0. The first-order valence-electron chi connectivity index (χ1n) is 8.69. The molecule has 0 aromatic heterocycles. The van der Waals surface area contributed by atoms with E-state index in [1.807, 2.05) is 24.3 Å². The van der Waals surface area contributed by atoms with Crippen molar-refractivity contribution in [3.63, 3.8) is 0 Å². The van der Waals surface area contributed by atoms with E-state index in [0.717, 1.165) is 24.8 Å². The van der Waals surface area contributed by atoms with Crippen LogP contribution in [0.5, 0.6) is 5.75 Å². The molecule has 3 rings (SSSR count). The van der Waals surface area contributed by atoms with Crippen LogP contribution in [-0.2, 0) is 9.53 Å². The lowest BCUT2D eigenvalue weighted by molar-refractivity contribution is -0.118. The van der Waals surface area contributed by atoms with Crippen molar-refractivity contribution < 1.29 is 23.5 Å². The van der Waals surface area contributed by atoms with Crippen molar-refractivity contribution in [2.24, 2.45) is 0 Å². The van der Waals surface area contributed by atoms with Gasteiger partial charge in [-0.2, -0.15) is 0 Å². The van der Waals surface area contributed by atoms with Gasteiger partial charge in [0.05, 0.1) is 18.8 Å². The van der Waals surface area contributed by atoms with E-state index in [2.05, 4.69) is 10.2 Å². The van der Waals surface area contributed by atoms with Crippen LogP contribution in [0.2, 0.25) is 0 Å². The number of anilines is 2. The van der Waals surface area contributed by atoms with Crippen LogP contribution in [0.4, 0.5) is 15.8 Å². The predicted octanol–water partition coefficient (Wildman–Crippen LogP) is 2.88. The number of hydrogen-bond acceptors (Lipinski definition) is 5. The van der Waals surface area contributed by atoms with E-state index < -0.39 is 5.82 Å². The Morgan fingerprint density at radius 1 is 1.15 bits per heavy atom. The first kappa shape index (κ1) is 18.8. The minimum Gasteiger partial charge on any atom is -0.483 e. The number of carbonyl (C=O) groups excluding carboxylic acids is 2. The summed E-state index contributed by atoms with van der Waals surface area (Å²) in [6.45, 7) is 4.14. The van der Waals surface area contributed by atoms with Gasteiger partial charge < -0.3 is 19.7 Å². The second kappa shape index (κ2) is 8.64. The molecule has 1 aliphatic rings. The molecule has 1 aliphatic heterocycles. The first-order chi connectivity index (χ1) is 13.0. The Morgan fingerprint density at radius 3 is 2.52 bits per heavy atom. The van der Waals surface area contributed by atoms with E-state index in [9.17, 15) is 14.0 Å². The van der Waals surface area contributed by atoms with Crippen LogP contribution in [0, 0.1) is 5.82 Å². The number of nitrogens with zero attached hydrogens (tertiary/aromatic N) is 1. The minimum absolute atomic E-state index is 0.109. The third-order valence-corrected chi connectivity index (χ3v) is 4.21. The fourth-order valence-corrected chi connectivity index (χ4v) is 2.82. The van der Waals surface area contributed by atoms with Crippen LogP contribution in [-0.4, -0.2) is 44.6 Å². The van der Waals surface area contributed by atoms with Crippen LogP contribution < -0.4 is 15.0 Å². The third-order valence-electron chi connectivity index (χ3n) is 4.21. The maximum Gasteiger partial charge on any atom is 0.262 e. The van der Waals surface area contributed by atoms with E-state index >= 15 is 0 Å². The van der Waals surface area contributed by atoms with Crippen molar-refractivity contribution in [1.82, 2.24) is 0 Å². The number of carbonyl (C=O) groups is 2. The summed E-state index contributed by atoms with van der Waals surface area (Å²) in [5.41, 5.74) is 1.83. The van der Waals surface area contributed by atoms with Gasteiger partial charge in [-0.1, -0.05) is 0 Å². The van der Waals surface area contributed by atoms with Crippen LogP contribution in [0.3, 0.4) is 0 Å². The van der Waals surface area contributed by atoms with E-state index in [1.165, 1.54) is 19.1 Å². The molecule has 1 fully saturated rings. The summed E-state index contributed by atoms with van der Waals surface area (Å²) in [6, 6.07) is 11.1. The number of morpholine rings is 1. The Morgan fingerprint density at radius 2 is 1.85 bits per heavy atom. The highest BCUT2D eigenvalue weighted by Crippen LogP contribution is 2.21. The molecule has 0 radical (unpaired) electrons. The molecule has 1 N–H and O–H groups in total. The van der Waals surface area contributed by atoms with Gasteiger partial charge in [0.1, 0.15) is 11.6 Å². The number of nitrogens with one attached hydrogen (secondary N) is 1. The number of ether oxygens (including phenoxy) is 2. The van der Waals surface area contributed by atoms with Crippen LogP contribution in [0.1, 0.15) is 17.3 Å². The maximum absolute atomic E-state index is 13.3. The van der Waals surface area contributed by atoms with Crippen LogP contribution in [0.15, 0.2) is 42.5 Å². The van der Waals surface area contributed by atoms with Gasteiger partial charge in [-0.15, -0.1) is 0 Å². The molecule has 0 atom stereocenters. The second-order valence-corrected chi connectivity index (χ2v) is 6.18. The van der Waals surface area contributed by atoms with E-state index in [1.54, 1.807) is 0 Å². The van der Waals surface area contributed by atoms with Crippen molar-refractivity contribution in [2.75, 3.05) is 43.1 Å². The summed E-state index contributed by atoms with van der Waals surface area (Å²) in [5.74, 6) is -1.05. The standard InChI is InChI=1S/C20H21FN2O4/c1-14(24)18-12-15(21)2-7-19(18)27-13-20(25)22-16-3-5-17(6-4-16)23-8-10-26-11-9-23/h2-7,12H,8-11,13H2,1H3,(H,22,25). The maximum atomic E-state index is 13.3. The molecule has 6 nitrogen and oxygen atoms in total. The molecule has 1 saturated heterocycles. The fraction of sp³-hybridized carbons (Fsp3) is 0.300. The largest absolute Gasteiger partial charge is 0.483 e. The molecular formula is C20H21FN2O4. The Bertz CT molecular complexity index is 817. The van der Waals surface area contributed by atoms with Gasteiger partial charge in [0.15, 0.2) is 12.4 Å². The van der Waals surface area contributed by atoms with Gasteiger partial charge >= 0.3 is 0 Å². The summed E-state index contributed by atoms with van der Waals surface area (Å²) in [6.07, 6.45) is 0. The normalized spacial score (nSPS) is 13.9. The third kappa shape index (κ3) is 5.04. The van der Waals surface area contributed by atoms with Crippen molar-refractivity contribution in [3.05, 3.63) is 53.8 Å². The summed E-state index contributed by atoms with van der Waals surface area (Å²) < 4.78 is 24.0. The summed E-state index contributed by atoms with van der Waals surface area (Å²) in [7, 11) is 0. The Hall–Kier alpha value is -2.93. The molecule has 1 heterocycles. The predicted molar refractivity (Wildman–Crippen MR) is 100 cm³/mol. The van der Waals surface area contributed by atoms with E-state index in [-0.39, 0.29) is 29.6 Å². The molecule has 0 aliphatic carbocycles. The first-order valence-corrected chi connectivity index (χ1v) is 8.69. The molecule has 1 amide bonds. The number of Topliss-reactive ketones (excluding diaryl/α,β-unsaturated/α-hetero) is 1. The van der Waals surface area contributed by atoms with Crippen molar-refractivity contribution in [1.29, 1.82) is 0 Å². The fourth-order valence-electron chi connectivity index (χ4n) is 2.82. The number of hydrogen-bond donors (Lipinski definition) is 1. The Labute approximate surface area is 156 Å². The van der Waals surface area contributed by atoms with E-state index in [0.29, 0.717) is 18.9 Å². The molecule has 7 heteroatoms. The van der Waals surface area contributed by atoms with E-state index in [4.69, 9.17) is 9.47 Å². The van der Waals surface area contributed by atoms with Gasteiger partial charge in [-0.3, -0.25) is 9.59 Å².